The molecule has 1 aliphatic heterocycles. The summed E-state index contributed by atoms with van der Waals surface area (Å²) in [6.45, 7) is 3.60. The highest BCUT2D eigenvalue weighted by atomic mass is 19.4. The molecule has 0 radical (unpaired) electrons. The van der Waals surface area contributed by atoms with Gasteiger partial charge in [0.15, 0.2) is 0 Å². The monoisotopic (exact) mass is 326 g/mol. The Hall–Kier alpha value is -2.02. The van der Waals surface area contributed by atoms with E-state index in [2.05, 4.69) is 21.6 Å². The molecular formula is C16H17F3N2O2. The summed E-state index contributed by atoms with van der Waals surface area (Å²) in [5.41, 5.74) is 1.54. The van der Waals surface area contributed by atoms with Crippen LogP contribution in [-0.2, 0) is 4.74 Å². The zero-order valence-electron chi connectivity index (χ0n) is 12.6. The molecule has 2 aromatic rings. The maximum atomic E-state index is 12.2. The molecule has 1 aromatic carbocycles. The molecule has 4 nitrogen and oxygen atoms in total. The number of aromatic amines is 1. The highest BCUT2D eigenvalue weighted by Gasteiger charge is 2.31. The van der Waals surface area contributed by atoms with Crippen molar-refractivity contribution < 1.29 is 22.6 Å². The van der Waals surface area contributed by atoms with Crippen LogP contribution in [0.5, 0.6) is 5.75 Å². The molecule has 0 amide bonds. The number of rotatable bonds is 5. The van der Waals surface area contributed by atoms with Crippen molar-refractivity contribution in [2.45, 2.75) is 25.6 Å². The van der Waals surface area contributed by atoms with E-state index in [9.17, 15) is 13.2 Å². The number of halogens is 3. The van der Waals surface area contributed by atoms with Crippen molar-refractivity contribution in [1.29, 1.82) is 0 Å². The van der Waals surface area contributed by atoms with Crippen LogP contribution in [0.3, 0.4) is 0 Å². The van der Waals surface area contributed by atoms with Crippen molar-refractivity contribution in [3.05, 3.63) is 36.3 Å². The molecule has 0 aliphatic carbocycles. The average Bonchev–Trinajstić information content (AvgIpc) is 2.91. The molecule has 0 bridgehead atoms. The van der Waals surface area contributed by atoms with Crippen molar-refractivity contribution >= 4 is 0 Å². The van der Waals surface area contributed by atoms with Crippen molar-refractivity contribution in [1.82, 2.24) is 9.97 Å². The minimum atomic E-state index is -4.68. The Bertz CT molecular complexity index is 648. The largest absolute Gasteiger partial charge is 0.573 e. The third kappa shape index (κ3) is 3.67. The third-order valence-corrected chi connectivity index (χ3v) is 4.02. The molecule has 1 atom stereocenters. The van der Waals surface area contributed by atoms with E-state index in [1.165, 1.54) is 12.1 Å². The lowest BCUT2D eigenvalue weighted by molar-refractivity contribution is -0.274. The Kier molecular flexibility index (Phi) is 4.30. The molecule has 124 valence electrons. The van der Waals surface area contributed by atoms with Crippen LogP contribution < -0.4 is 4.74 Å². The Morgan fingerprint density at radius 3 is 2.52 bits per heavy atom. The third-order valence-electron chi connectivity index (χ3n) is 4.02. The van der Waals surface area contributed by atoms with E-state index in [1.54, 1.807) is 18.3 Å². The fraction of sp³-hybridized carbons (Fsp3) is 0.438. The van der Waals surface area contributed by atoms with Gasteiger partial charge in [-0.2, -0.15) is 0 Å². The summed E-state index contributed by atoms with van der Waals surface area (Å²) in [7, 11) is 0. The maximum absolute atomic E-state index is 12.2. The molecule has 0 unspecified atom stereocenters. The summed E-state index contributed by atoms with van der Waals surface area (Å²) >= 11 is 0. The minimum Gasteiger partial charge on any atom is -0.406 e. The van der Waals surface area contributed by atoms with E-state index in [0.29, 0.717) is 11.8 Å². The van der Waals surface area contributed by atoms with Crippen LogP contribution in [0, 0.1) is 5.92 Å². The highest BCUT2D eigenvalue weighted by molar-refractivity contribution is 5.59. The van der Waals surface area contributed by atoms with Gasteiger partial charge in [0.2, 0.25) is 0 Å². The normalized spacial score (nSPS) is 16.9. The fourth-order valence-corrected chi connectivity index (χ4v) is 2.74. The fourth-order valence-electron chi connectivity index (χ4n) is 2.74. The average molecular weight is 326 g/mol. The minimum absolute atomic E-state index is 0.237. The molecule has 0 saturated carbocycles. The SMILES string of the molecule is CC[C@H](c1ncc(-c2ccc(OC(F)(F)F)cc2)[nH]1)C1COC1. The number of hydrogen-bond donors (Lipinski definition) is 1. The second kappa shape index (κ2) is 6.23. The molecule has 7 heteroatoms. The standard InChI is InChI=1S/C16H17F3N2O2/c1-2-13(11-8-22-9-11)15-20-7-14(21-15)10-3-5-12(6-4-10)23-16(17,18)19/h3-7,11,13H,2,8-9H2,1H3,(H,20,21)/t13-/m0/s1. The molecule has 1 saturated heterocycles. The van der Waals surface area contributed by atoms with Gasteiger partial charge in [-0.05, 0) is 36.2 Å². The first-order chi connectivity index (χ1) is 11.0. The summed E-state index contributed by atoms with van der Waals surface area (Å²) < 4.78 is 45.6. The first-order valence-corrected chi connectivity index (χ1v) is 7.45. The molecule has 2 heterocycles. The van der Waals surface area contributed by atoms with E-state index in [4.69, 9.17) is 4.74 Å². The van der Waals surface area contributed by atoms with Crippen LogP contribution in [0.15, 0.2) is 30.5 Å². The van der Waals surface area contributed by atoms with Gasteiger partial charge in [-0.15, -0.1) is 13.2 Å². The number of imidazole rings is 1. The van der Waals surface area contributed by atoms with Crippen LogP contribution in [0.4, 0.5) is 13.2 Å². The van der Waals surface area contributed by atoms with Gasteiger partial charge in [-0.3, -0.25) is 0 Å². The van der Waals surface area contributed by atoms with Crippen molar-refractivity contribution in [3.63, 3.8) is 0 Å². The molecule has 1 aromatic heterocycles. The van der Waals surface area contributed by atoms with Crippen molar-refractivity contribution in [3.8, 4) is 17.0 Å². The van der Waals surface area contributed by atoms with Gasteiger partial charge in [0.1, 0.15) is 11.6 Å². The van der Waals surface area contributed by atoms with Gasteiger partial charge < -0.3 is 14.5 Å². The molecule has 23 heavy (non-hydrogen) atoms. The number of nitrogens with one attached hydrogen (secondary N) is 1. The Balaban J connectivity index is 1.74. The summed E-state index contributed by atoms with van der Waals surface area (Å²) in [6.07, 6.45) is -2.02. The first kappa shape index (κ1) is 15.9. The smallest absolute Gasteiger partial charge is 0.406 e. The number of H-pyrrole nitrogens is 1. The Morgan fingerprint density at radius 2 is 2.00 bits per heavy atom. The van der Waals surface area contributed by atoms with Gasteiger partial charge in [0, 0.05) is 11.8 Å². The first-order valence-electron chi connectivity index (χ1n) is 7.45. The van der Waals surface area contributed by atoms with Gasteiger partial charge in [-0.1, -0.05) is 6.92 Å². The van der Waals surface area contributed by atoms with Crippen molar-refractivity contribution in [2.24, 2.45) is 5.92 Å². The highest BCUT2D eigenvalue weighted by Crippen LogP contribution is 2.33. The van der Waals surface area contributed by atoms with Gasteiger partial charge in [-0.25, -0.2) is 4.98 Å². The van der Waals surface area contributed by atoms with Crippen molar-refractivity contribution in [2.75, 3.05) is 13.2 Å². The Morgan fingerprint density at radius 1 is 1.30 bits per heavy atom. The van der Waals surface area contributed by atoms with Crippen LogP contribution >= 0.6 is 0 Å². The van der Waals surface area contributed by atoms with Gasteiger partial charge >= 0.3 is 6.36 Å². The number of hydrogen-bond acceptors (Lipinski definition) is 3. The lowest BCUT2D eigenvalue weighted by Crippen LogP contribution is -2.33. The maximum Gasteiger partial charge on any atom is 0.573 e. The summed E-state index contributed by atoms with van der Waals surface area (Å²) in [5, 5.41) is 0. The number of benzene rings is 1. The summed E-state index contributed by atoms with van der Waals surface area (Å²) in [6, 6.07) is 5.73. The lowest BCUT2D eigenvalue weighted by atomic mass is 9.88. The van der Waals surface area contributed by atoms with Crippen LogP contribution in [0.1, 0.15) is 25.1 Å². The lowest BCUT2D eigenvalue weighted by Gasteiger charge is -2.32. The second-order valence-corrected chi connectivity index (χ2v) is 5.57. The molecular weight excluding hydrogens is 309 g/mol. The summed E-state index contributed by atoms with van der Waals surface area (Å²) in [5.74, 6) is 1.44. The molecule has 3 rings (SSSR count). The van der Waals surface area contributed by atoms with E-state index in [-0.39, 0.29) is 5.75 Å². The van der Waals surface area contributed by atoms with Gasteiger partial charge in [0.25, 0.3) is 0 Å². The zero-order valence-corrected chi connectivity index (χ0v) is 12.6. The Labute approximate surface area is 131 Å². The summed E-state index contributed by atoms with van der Waals surface area (Å²) in [4.78, 5) is 7.69. The zero-order chi connectivity index (χ0) is 16.4. The van der Waals surface area contributed by atoms with Crippen LogP contribution in [0.25, 0.3) is 11.3 Å². The molecule has 0 spiro atoms. The van der Waals surface area contributed by atoms with E-state index in [0.717, 1.165) is 36.7 Å². The number of ether oxygens (including phenoxy) is 2. The predicted molar refractivity (Wildman–Crippen MR) is 78.0 cm³/mol. The number of alkyl halides is 3. The predicted octanol–water partition coefficient (Wildman–Crippen LogP) is 4.12. The second-order valence-electron chi connectivity index (χ2n) is 5.57. The quantitative estimate of drug-likeness (QED) is 0.899. The van der Waals surface area contributed by atoms with E-state index in [1.807, 2.05) is 0 Å². The molecule has 1 fully saturated rings. The van der Waals surface area contributed by atoms with E-state index >= 15 is 0 Å². The van der Waals surface area contributed by atoms with Crippen LogP contribution in [0.2, 0.25) is 0 Å². The molecule has 1 aliphatic rings. The number of aromatic nitrogens is 2. The van der Waals surface area contributed by atoms with E-state index < -0.39 is 6.36 Å². The molecule has 1 N–H and O–H groups in total. The van der Waals surface area contributed by atoms with Gasteiger partial charge in [0.05, 0.1) is 25.1 Å². The number of nitrogens with zero attached hydrogens (tertiary/aromatic N) is 1. The topological polar surface area (TPSA) is 47.1 Å². The van der Waals surface area contributed by atoms with Crippen LogP contribution in [-0.4, -0.2) is 29.5 Å².